The first-order chi connectivity index (χ1) is 12.2. The molecule has 2 aromatic carbocycles. The summed E-state index contributed by atoms with van der Waals surface area (Å²) >= 11 is 0. The van der Waals surface area contributed by atoms with Crippen molar-refractivity contribution < 1.29 is 4.74 Å². The second-order valence-electron chi connectivity index (χ2n) is 5.79. The van der Waals surface area contributed by atoms with Crippen molar-refractivity contribution in [2.75, 3.05) is 39.6 Å². The number of hydrogen-bond acceptors (Lipinski definition) is 3. The molecule has 2 aromatic rings. The van der Waals surface area contributed by atoms with Gasteiger partial charge in [0, 0.05) is 45.0 Å². The van der Waals surface area contributed by atoms with Crippen LogP contribution in [0.2, 0.25) is 0 Å². The van der Waals surface area contributed by atoms with Gasteiger partial charge in [-0.2, -0.15) is 0 Å². The minimum Gasteiger partial charge on any atom is -0.496 e. The van der Waals surface area contributed by atoms with Gasteiger partial charge in [0.25, 0.3) is 0 Å². The van der Waals surface area contributed by atoms with E-state index in [0.717, 1.165) is 49.0 Å². The zero-order valence-corrected chi connectivity index (χ0v) is 15.3. The van der Waals surface area contributed by atoms with Gasteiger partial charge in [-0.25, -0.2) is 0 Å². The van der Waals surface area contributed by atoms with Crippen LogP contribution in [0.5, 0.6) is 5.75 Å². The Hall–Kier alpha value is -2.69. The van der Waals surface area contributed by atoms with Crippen molar-refractivity contribution in [1.29, 1.82) is 0 Å². The van der Waals surface area contributed by atoms with E-state index in [1.54, 1.807) is 7.11 Å². The van der Waals surface area contributed by atoms with Crippen molar-refractivity contribution in [3.8, 4) is 5.75 Å². The van der Waals surface area contributed by atoms with Gasteiger partial charge in [0.2, 0.25) is 0 Å². The number of methoxy groups -OCH3 is 1. The van der Waals surface area contributed by atoms with Gasteiger partial charge in [-0.1, -0.05) is 36.4 Å². The molecule has 5 nitrogen and oxygen atoms in total. The third kappa shape index (κ3) is 6.03. The number of guanidine groups is 1. The summed E-state index contributed by atoms with van der Waals surface area (Å²) in [7, 11) is 5.54. The standard InChI is InChI=1S/C20H28N4O/c1-21-20(23-15-9-14-22-18-11-5-4-6-12-18)24(2)16-17-10-7-8-13-19(17)25-3/h4-8,10-13,22H,9,14-16H2,1-3H3,(H,21,23). The molecule has 0 aromatic heterocycles. The fourth-order valence-electron chi connectivity index (χ4n) is 2.63. The fourth-order valence-corrected chi connectivity index (χ4v) is 2.63. The highest BCUT2D eigenvalue weighted by Gasteiger charge is 2.09. The van der Waals surface area contributed by atoms with Crippen LogP contribution in [0.3, 0.4) is 0 Å². The average Bonchev–Trinajstić information content (AvgIpc) is 2.66. The Morgan fingerprint density at radius 1 is 1.04 bits per heavy atom. The summed E-state index contributed by atoms with van der Waals surface area (Å²) in [4.78, 5) is 6.47. The maximum absolute atomic E-state index is 5.42. The Morgan fingerprint density at radius 3 is 2.48 bits per heavy atom. The molecular formula is C20H28N4O. The van der Waals surface area contributed by atoms with E-state index < -0.39 is 0 Å². The predicted molar refractivity (Wildman–Crippen MR) is 105 cm³/mol. The summed E-state index contributed by atoms with van der Waals surface area (Å²) in [5.74, 6) is 1.78. The average molecular weight is 340 g/mol. The number of nitrogens with one attached hydrogen (secondary N) is 2. The molecule has 0 unspecified atom stereocenters. The molecule has 2 rings (SSSR count). The van der Waals surface area contributed by atoms with Gasteiger partial charge in [0.1, 0.15) is 5.75 Å². The van der Waals surface area contributed by atoms with Crippen LogP contribution in [-0.4, -0.2) is 45.2 Å². The first-order valence-electron chi connectivity index (χ1n) is 8.57. The molecule has 0 bridgehead atoms. The van der Waals surface area contributed by atoms with Crippen LogP contribution in [-0.2, 0) is 6.54 Å². The molecule has 0 amide bonds. The highest BCUT2D eigenvalue weighted by atomic mass is 16.5. The van der Waals surface area contributed by atoms with Crippen LogP contribution in [0.1, 0.15) is 12.0 Å². The van der Waals surface area contributed by atoms with Crippen molar-refractivity contribution in [3.63, 3.8) is 0 Å². The lowest BCUT2D eigenvalue weighted by Gasteiger charge is -2.23. The van der Waals surface area contributed by atoms with Crippen LogP contribution in [0.15, 0.2) is 59.6 Å². The lowest BCUT2D eigenvalue weighted by molar-refractivity contribution is 0.396. The summed E-state index contributed by atoms with van der Waals surface area (Å²) in [6.07, 6.45) is 1.01. The number of ether oxygens (including phenoxy) is 1. The number of nitrogens with zero attached hydrogens (tertiary/aromatic N) is 2. The molecule has 5 heteroatoms. The quantitative estimate of drug-likeness (QED) is 0.440. The highest BCUT2D eigenvalue weighted by molar-refractivity contribution is 5.79. The van der Waals surface area contributed by atoms with E-state index in [-0.39, 0.29) is 0 Å². The Labute approximate surface area is 150 Å². The van der Waals surface area contributed by atoms with E-state index in [2.05, 4.69) is 38.7 Å². The molecule has 25 heavy (non-hydrogen) atoms. The van der Waals surface area contributed by atoms with E-state index >= 15 is 0 Å². The van der Waals surface area contributed by atoms with Crippen LogP contribution in [0, 0.1) is 0 Å². The molecule has 0 saturated heterocycles. The molecule has 0 aliphatic heterocycles. The molecular weight excluding hydrogens is 312 g/mol. The normalized spacial score (nSPS) is 11.1. The zero-order valence-electron chi connectivity index (χ0n) is 15.3. The van der Waals surface area contributed by atoms with Gasteiger partial charge < -0.3 is 20.3 Å². The van der Waals surface area contributed by atoms with Crippen molar-refractivity contribution in [1.82, 2.24) is 10.2 Å². The number of benzene rings is 2. The third-order valence-corrected chi connectivity index (χ3v) is 3.91. The molecule has 0 radical (unpaired) electrons. The van der Waals surface area contributed by atoms with Crippen molar-refractivity contribution in [3.05, 3.63) is 60.2 Å². The lowest BCUT2D eigenvalue weighted by Crippen LogP contribution is -2.39. The highest BCUT2D eigenvalue weighted by Crippen LogP contribution is 2.18. The Morgan fingerprint density at radius 2 is 1.76 bits per heavy atom. The van der Waals surface area contributed by atoms with Crippen molar-refractivity contribution >= 4 is 11.6 Å². The van der Waals surface area contributed by atoms with Gasteiger partial charge in [0.05, 0.1) is 7.11 Å². The second kappa shape index (κ2) is 10.2. The van der Waals surface area contributed by atoms with Gasteiger partial charge in [-0.15, -0.1) is 0 Å². The molecule has 2 N–H and O–H groups in total. The largest absolute Gasteiger partial charge is 0.496 e. The maximum atomic E-state index is 5.42. The Bertz CT molecular complexity index is 658. The number of hydrogen-bond donors (Lipinski definition) is 2. The van der Waals surface area contributed by atoms with Crippen LogP contribution in [0.4, 0.5) is 5.69 Å². The minimum absolute atomic E-state index is 0.742. The monoisotopic (exact) mass is 340 g/mol. The van der Waals surface area contributed by atoms with E-state index in [1.165, 1.54) is 0 Å². The molecule has 0 saturated carbocycles. The number of para-hydroxylation sites is 2. The molecule has 134 valence electrons. The smallest absolute Gasteiger partial charge is 0.193 e. The third-order valence-electron chi connectivity index (χ3n) is 3.91. The van der Waals surface area contributed by atoms with Crippen LogP contribution < -0.4 is 15.4 Å². The van der Waals surface area contributed by atoms with Gasteiger partial charge in [-0.3, -0.25) is 4.99 Å². The maximum Gasteiger partial charge on any atom is 0.193 e. The number of anilines is 1. The molecule has 0 aliphatic carbocycles. The van der Waals surface area contributed by atoms with Crippen LogP contribution >= 0.6 is 0 Å². The molecule has 0 fully saturated rings. The van der Waals surface area contributed by atoms with Gasteiger partial charge in [0.15, 0.2) is 5.96 Å². The minimum atomic E-state index is 0.742. The summed E-state index contributed by atoms with van der Waals surface area (Å²) in [5.41, 5.74) is 2.29. The summed E-state index contributed by atoms with van der Waals surface area (Å²) < 4.78 is 5.42. The fraction of sp³-hybridized carbons (Fsp3) is 0.350. The first kappa shape index (κ1) is 18.6. The SMILES string of the molecule is CN=C(NCCCNc1ccccc1)N(C)Cc1ccccc1OC. The van der Waals surface area contributed by atoms with Crippen molar-refractivity contribution in [2.45, 2.75) is 13.0 Å². The predicted octanol–water partition coefficient (Wildman–Crippen LogP) is 3.20. The van der Waals surface area contributed by atoms with Gasteiger partial charge in [-0.05, 0) is 24.6 Å². The van der Waals surface area contributed by atoms with Crippen LogP contribution in [0.25, 0.3) is 0 Å². The number of rotatable bonds is 8. The Balaban J connectivity index is 1.75. The molecule has 0 aliphatic rings. The first-order valence-corrected chi connectivity index (χ1v) is 8.57. The number of aliphatic imine (C=N–C) groups is 1. The van der Waals surface area contributed by atoms with Gasteiger partial charge >= 0.3 is 0 Å². The molecule has 0 atom stereocenters. The zero-order chi connectivity index (χ0) is 17.9. The summed E-state index contributed by atoms with van der Waals surface area (Å²) in [6, 6.07) is 18.3. The van der Waals surface area contributed by atoms with Crippen molar-refractivity contribution in [2.24, 2.45) is 4.99 Å². The van der Waals surface area contributed by atoms with E-state index in [4.69, 9.17) is 4.74 Å². The lowest BCUT2D eigenvalue weighted by atomic mass is 10.2. The van der Waals surface area contributed by atoms with E-state index in [9.17, 15) is 0 Å². The second-order valence-corrected chi connectivity index (χ2v) is 5.79. The molecule has 0 spiro atoms. The topological polar surface area (TPSA) is 48.9 Å². The molecule has 0 heterocycles. The van der Waals surface area contributed by atoms with E-state index in [0.29, 0.717) is 0 Å². The summed E-state index contributed by atoms with van der Waals surface area (Å²) in [5, 5.41) is 6.82. The van der Waals surface area contributed by atoms with E-state index in [1.807, 2.05) is 50.5 Å². The Kier molecular flexibility index (Phi) is 7.63. The summed E-state index contributed by atoms with van der Waals surface area (Å²) in [6.45, 7) is 2.53.